The highest BCUT2D eigenvalue weighted by Gasteiger charge is 2.50. The van der Waals surface area contributed by atoms with Crippen LogP contribution in [0.5, 0.6) is 0 Å². The van der Waals surface area contributed by atoms with Crippen molar-refractivity contribution in [3.8, 4) is 0 Å². The van der Waals surface area contributed by atoms with Crippen molar-refractivity contribution in [2.24, 2.45) is 5.92 Å². The third-order valence-corrected chi connectivity index (χ3v) is 3.05. The second-order valence-electron chi connectivity index (χ2n) is 3.80. The van der Waals surface area contributed by atoms with E-state index in [1.165, 1.54) is 0 Å². The first-order valence-electron chi connectivity index (χ1n) is 4.78. The molecule has 0 aromatic carbocycles. The van der Waals surface area contributed by atoms with E-state index >= 15 is 0 Å². The average Bonchev–Trinajstić information content (AvgIpc) is 2.77. The summed E-state index contributed by atoms with van der Waals surface area (Å²) < 4.78 is 0. The Morgan fingerprint density at radius 2 is 2.50 bits per heavy atom. The van der Waals surface area contributed by atoms with Crippen LogP contribution in [0.4, 0.5) is 0 Å². The van der Waals surface area contributed by atoms with Gasteiger partial charge >= 0.3 is 0 Å². The molecule has 0 unspecified atom stereocenters. The topological polar surface area (TPSA) is 59.1 Å². The van der Waals surface area contributed by atoms with Gasteiger partial charge < -0.3 is 10.2 Å². The summed E-state index contributed by atoms with van der Waals surface area (Å²) in [7, 11) is 0. The van der Waals surface area contributed by atoms with Gasteiger partial charge in [-0.25, -0.2) is 0 Å². The van der Waals surface area contributed by atoms with Crippen LogP contribution in [-0.4, -0.2) is 29.7 Å². The predicted octanol–water partition coefficient (Wildman–Crippen LogP) is -0.574. The maximum atomic E-state index is 5.31. The van der Waals surface area contributed by atoms with Crippen molar-refractivity contribution in [1.82, 2.24) is 20.8 Å². The van der Waals surface area contributed by atoms with Gasteiger partial charge in [0.1, 0.15) is 5.54 Å². The lowest BCUT2D eigenvalue weighted by atomic mass is 9.86. The molecule has 1 aromatic rings. The fourth-order valence-electron chi connectivity index (χ4n) is 2.24. The SMILES string of the molecule is c1cnc([C@]23CNC[C@@H]2CON3)cn1. The van der Waals surface area contributed by atoms with Gasteiger partial charge in [-0.05, 0) is 0 Å². The molecule has 0 amide bonds. The Bertz CT molecular complexity index is 319. The molecule has 0 spiro atoms. The smallest absolute Gasteiger partial charge is 0.105 e. The molecule has 5 heteroatoms. The molecular formula is C9H12N4O. The molecule has 3 heterocycles. The molecule has 1 aromatic heterocycles. The van der Waals surface area contributed by atoms with Crippen LogP contribution < -0.4 is 10.8 Å². The van der Waals surface area contributed by atoms with Crippen LogP contribution in [0.1, 0.15) is 5.69 Å². The molecule has 2 saturated heterocycles. The van der Waals surface area contributed by atoms with E-state index in [0.717, 1.165) is 25.4 Å². The second kappa shape index (κ2) is 2.98. The molecule has 0 saturated carbocycles. The van der Waals surface area contributed by atoms with Gasteiger partial charge in [0.05, 0.1) is 18.5 Å². The van der Waals surface area contributed by atoms with E-state index in [4.69, 9.17) is 4.84 Å². The fourth-order valence-corrected chi connectivity index (χ4v) is 2.24. The Morgan fingerprint density at radius 1 is 1.50 bits per heavy atom. The van der Waals surface area contributed by atoms with Crippen molar-refractivity contribution in [3.05, 3.63) is 24.3 Å². The Labute approximate surface area is 81.9 Å². The van der Waals surface area contributed by atoms with Crippen molar-refractivity contribution >= 4 is 0 Å². The molecule has 2 fully saturated rings. The van der Waals surface area contributed by atoms with Gasteiger partial charge in [0.15, 0.2) is 0 Å². The molecule has 0 bridgehead atoms. The first-order valence-corrected chi connectivity index (χ1v) is 4.78. The van der Waals surface area contributed by atoms with Crippen molar-refractivity contribution in [2.45, 2.75) is 5.54 Å². The normalized spacial score (nSPS) is 35.9. The summed E-state index contributed by atoms with van der Waals surface area (Å²) in [6, 6.07) is 0. The van der Waals surface area contributed by atoms with E-state index in [1.54, 1.807) is 12.4 Å². The molecule has 0 radical (unpaired) electrons. The van der Waals surface area contributed by atoms with Crippen molar-refractivity contribution in [1.29, 1.82) is 0 Å². The quantitative estimate of drug-likeness (QED) is 0.624. The maximum Gasteiger partial charge on any atom is 0.105 e. The molecule has 2 aliphatic heterocycles. The van der Waals surface area contributed by atoms with Gasteiger partial charge in [-0.1, -0.05) is 0 Å². The zero-order chi connectivity index (χ0) is 9.43. The van der Waals surface area contributed by atoms with E-state index in [9.17, 15) is 0 Å². The van der Waals surface area contributed by atoms with Crippen molar-refractivity contribution < 1.29 is 4.84 Å². The molecule has 2 aliphatic rings. The van der Waals surface area contributed by atoms with Gasteiger partial charge in [-0.3, -0.25) is 9.97 Å². The lowest BCUT2D eigenvalue weighted by molar-refractivity contribution is 0.0587. The number of fused-ring (bicyclic) bond motifs is 1. The highest BCUT2D eigenvalue weighted by molar-refractivity contribution is 5.19. The molecule has 5 nitrogen and oxygen atoms in total. The molecule has 2 N–H and O–H groups in total. The Hall–Kier alpha value is -1.04. The minimum atomic E-state index is -0.158. The van der Waals surface area contributed by atoms with Crippen LogP contribution in [0.15, 0.2) is 18.6 Å². The van der Waals surface area contributed by atoms with Crippen LogP contribution in [0.25, 0.3) is 0 Å². The van der Waals surface area contributed by atoms with E-state index < -0.39 is 0 Å². The molecule has 14 heavy (non-hydrogen) atoms. The molecule has 0 aliphatic carbocycles. The monoisotopic (exact) mass is 192 g/mol. The third kappa shape index (κ3) is 1.00. The van der Waals surface area contributed by atoms with E-state index in [0.29, 0.717) is 5.92 Å². The Kier molecular flexibility index (Phi) is 1.76. The van der Waals surface area contributed by atoms with Crippen molar-refractivity contribution in [3.63, 3.8) is 0 Å². The number of aromatic nitrogens is 2. The molecule has 74 valence electrons. The van der Waals surface area contributed by atoms with Crippen LogP contribution in [0.2, 0.25) is 0 Å². The molecule has 3 rings (SSSR count). The Balaban J connectivity index is 2.03. The maximum absolute atomic E-state index is 5.31. The van der Waals surface area contributed by atoms with Gasteiger partial charge in [0.2, 0.25) is 0 Å². The van der Waals surface area contributed by atoms with Gasteiger partial charge in [0, 0.05) is 31.4 Å². The number of hydrogen-bond donors (Lipinski definition) is 2. The summed E-state index contributed by atoms with van der Waals surface area (Å²) in [5.74, 6) is 0.458. The first-order chi connectivity index (χ1) is 6.92. The van der Waals surface area contributed by atoms with Crippen LogP contribution >= 0.6 is 0 Å². The second-order valence-corrected chi connectivity index (χ2v) is 3.80. The zero-order valence-electron chi connectivity index (χ0n) is 7.73. The molecular weight excluding hydrogens is 180 g/mol. The largest absolute Gasteiger partial charge is 0.314 e. The summed E-state index contributed by atoms with van der Waals surface area (Å²) >= 11 is 0. The van der Waals surface area contributed by atoms with Gasteiger partial charge in [-0.2, -0.15) is 5.48 Å². The number of hydroxylamine groups is 1. The summed E-state index contributed by atoms with van der Waals surface area (Å²) in [4.78, 5) is 13.8. The van der Waals surface area contributed by atoms with Gasteiger partial charge in [-0.15, -0.1) is 0 Å². The number of nitrogens with zero attached hydrogens (tertiary/aromatic N) is 2. The number of nitrogens with one attached hydrogen (secondary N) is 2. The minimum Gasteiger partial charge on any atom is -0.314 e. The van der Waals surface area contributed by atoms with E-state index in [-0.39, 0.29) is 5.54 Å². The highest BCUT2D eigenvalue weighted by Crippen LogP contribution is 2.35. The lowest BCUT2D eigenvalue weighted by Crippen LogP contribution is -2.43. The predicted molar refractivity (Wildman–Crippen MR) is 49.2 cm³/mol. The highest BCUT2D eigenvalue weighted by atomic mass is 16.7. The van der Waals surface area contributed by atoms with E-state index in [2.05, 4.69) is 20.8 Å². The number of rotatable bonds is 1. The third-order valence-electron chi connectivity index (χ3n) is 3.05. The summed E-state index contributed by atoms with van der Waals surface area (Å²) in [6.45, 7) is 2.57. The first kappa shape index (κ1) is 8.28. The zero-order valence-corrected chi connectivity index (χ0v) is 7.73. The summed E-state index contributed by atoms with van der Waals surface area (Å²) in [5, 5.41) is 3.35. The minimum absolute atomic E-state index is 0.158. The fraction of sp³-hybridized carbons (Fsp3) is 0.556. The van der Waals surface area contributed by atoms with E-state index in [1.807, 2.05) is 6.20 Å². The Morgan fingerprint density at radius 3 is 3.36 bits per heavy atom. The van der Waals surface area contributed by atoms with Crippen LogP contribution in [0.3, 0.4) is 0 Å². The van der Waals surface area contributed by atoms with Crippen molar-refractivity contribution in [2.75, 3.05) is 19.7 Å². The summed E-state index contributed by atoms with van der Waals surface area (Å²) in [6.07, 6.45) is 5.22. The number of hydrogen-bond acceptors (Lipinski definition) is 5. The van der Waals surface area contributed by atoms with Crippen LogP contribution in [-0.2, 0) is 10.4 Å². The molecule has 2 atom stereocenters. The lowest BCUT2D eigenvalue weighted by Gasteiger charge is -2.24. The summed E-state index contributed by atoms with van der Waals surface area (Å²) in [5.41, 5.74) is 3.89. The van der Waals surface area contributed by atoms with Gasteiger partial charge in [0.25, 0.3) is 0 Å². The van der Waals surface area contributed by atoms with Crippen LogP contribution in [0, 0.1) is 5.92 Å². The average molecular weight is 192 g/mol. The standard InChI is InChI=1S/C9H12N4O/c1-2-12-8(4-10-1)9-6-11-3-7(9)5-14-13-9/h1-2,4,7,11,13H,3,5-6H2/t7-,9+/m1/s1.